The Hall–Kier alpha value is -1.84. The highest BCUT2D eigenvalue weighted by atomic mass is 16.5. The van der Waals surface area contributed by atoms with Crippen molar-refractivity contribution in [1.82, 2.24) is 0 Å². The lowest BCUT2D eigenvalue weighted by atomic mass is 9.99. The van der Waals surface area contributed by atoms with Crippen molar-refractivity contribution in [2.24, 2.45) is 5.92 Å². The molecule has 0 aliphatic heterocycles. The molecule has 0 saturated heterocycles. The minimum atomic E-state index is -0.224. The highest BCUT2D eigenvalue weighted by Gasteiger charge is 2.15. The Morgan fingerprint density at radius 3 is 2.72 bits per heavy atom. The molecule has 0 heterocycles. The Morgan fingerprint density at radius 1 is 1.44 bits per heavy atom. The molecule has 0 aromatic heterocycles. The van der Waals surface area contributed by atoms with Crippen molar-refractivity contribution in [3.05, 3.63) is 29.3 Å². The number of benzene rings is 1. The van der Waals surface area contributed by atoms with Gasteiger partial charge in [-0.05, 0) is 31.0 Å². The molecule has 0 saturated carbocycles. The molecule has 1 aromatic carbocycles. The Morgan fingerprint density at radius 2 is 2.17 bits per heavy atom. The molecule has 4 nitrogen and oxygen atoms in total. The van der Waals surface area contributed by atoms with Gasteiger partial charge in [0.05, 0.1) is 25.2 Å². The third-order valence-corrected chi connectivity index (χ3v) is 2.65. The first-order valence-corrected chi connectivity index (χ1v) is 5.91. The maximum Gasteiger partial charge on any atom is 0.308 e. The largest absolute Gasteiger partial charge is 0.496 e. The smallest absolute Gasteiger partial charge is 0.308 e. The van der Waals surface area contributed by atoms with Crippen LogP contribution in [-0.2, 0) is 16.0 Å². The normalized spacial score (nSPS) is 11.7. The van der Waals surface area contributed by atoms with Gasteiger partial charge in [-0.15, -0.1) is 0 Å². The van der Waals surface area contributed by atoms with Crippen molar-refractivity contribution in [2.75, 3.05) is 13.7 Å². The number of rotatable bonds is 6. The molecule has 0 amide bonds. The van der Waals surface area contributed by atoms with Crippen molar-refractivity contribution in [2.45, 2.75) is 20.3 Å². The summed E-state index contributed by atoms with van der Waals surface area (Å²) < 4.78 is 10.0. The SMILES string of the molecule is CCOC(=O)C(C)Cc1ccc(OC)c(C=O)c1. The van der Waals surface area contributed by atoms with Gasteiger partial charge in [0.15, 0.2) is 6.29 Å². The van der Waals surface area contributed by atoms with E-state index in [9.17, 15) is 9.59 Å². The standard InChI is InChI=1S/C14H18O4/c1-4-18-14(16)10(2)7-11-5-6-13(17-3)12(8-11)9-15/h5-6,8-10H,4,7H2,1-3H3. The summed E-state index contributed by atoms with van der Waals surface area (Å²) in [4.78, 5) is 22.4. The molecule has 18 heavy (non-hydrogen) atoms. The third-order valence-electron chi connectivity index (χ3n) is 2.65. The van der Waals surface area contributed by atoms with Crippen LogP contribution in [0.4, 0.5) is 0 Å². The fourth-order valence-electron chi connectivity index (χ4n) is 1.72. The van der Waals surface area contributed by atoms with Gasteiger partial charge in [-0.2, -0.15) is 0 Å². The predicted octanol–water partition coefficient (Wildman–Crippen LogP) is 2.25. The highest BCUT2D eigenvalue weighted by Crippen LogP contribution is 2.20. The fraction of sp³-hybridized carbons (Fsp3) is 0.429. The first-order valence-electron chi connectivity index (χ1n) is 5.91. The summed E-state index contributed by atoms with van der Waals surface area (Å²) in [6, 6.07) is 5.32. The summed E-state index contributed by atoms with van der Waals surface area (Å²) >= 11 is 0. The average molecular weight is 250 g/mol. The summed E-state index contributed by atoms with van der Waals surface area (Å²) in [6.07, 6.45) is 1.29. The van der Waals surface area contributed by atoms with E-state index in [0.717, 1.165) is 11.8 Å². The molecular weight excluding hydrogens is 232 g/mol. The van der Waals surface area contributed by atoms with Crippen LogP contribution in [0.1, 0.15) is 29.8 Å². The van der Waals surface area contributed by atoms with E-state index >= 15 is 0 Å². The van der Waals surface area contributed by atoms with E-state index in [-0.39, 0.29) is 11.9 Å². The van der Waals surface area contributed by atoms with Gasteiger partial charge in [0.2, 0.25) is 0 Å². The number of hydrogen-bond donors (Lipinski definition) is 0. The molecule has 0 N–H and O–H groups in total. The van der Waals surface area contributed by atoms with E-state index in [4.69, 9.17) is 9.47 Å². The number of methoxy groups -OCH3 is 1. The topological polar surface area (TPSA) is 52.6 Å². The first-order chi connectivity index (χ1) is 8.62. The van der Waals surface area contributed by atoms with Gasteiger partial charge >= 0.3 is 5.97 Å². The summed E-state index contributed by atoms with van der Waals surface area (Å²) in [7, 11) is 1.52. The molecule has 0 aliphatic rings. The summed E-state index contributed by atoms with van der Waals surface area (Å²) in [5.41, 5.74) is 1.41. The lowest BCUT2D eigenvalue weighted by Crippen LogP contribution is -2.17. The van der Waals surface area contributed by atoms with Crippen molar-refractivity contribution in [3.8, 4) is 5.75 Å². The molecule has 1 unspecified atom stereocenters. The number of aldehydes is 1. The zero-order chi connectivity index (χ0) is 13.5. The van der Waals surface area contributed by atoms with Crippen molar-refractivity contribution in [1.29, 1.82) is 0 Å². The molecule has 4 heteroatoms. The van der Waals surface area contributed by atoms with Crippen LogP contribution in [0.25, 0.3) is 0 Å². The van der Waals surface area contributed by atoms with Gasteiger partial charge in [-0.3, -0.25) is 9.59 Å². The number of ether oxygens (including phenoxy) is 2. The lowest BCUT2D eigenvalue weighted by molar-refractivity contribution is -0.147. The Kier molecular flexibility index (Phi) is 5.36. The third kappa shape index (κ3) is 3.58. The predicted molar refractivity (Wildman–Crippen MR) is 67.9 cm³/mol. The van der Waals surface area contributed by atoms with E-state index in [1.807, 2.05) is 13.0 Å². The van der Waals surface area contributed by atoms with Crippen LogP contribution in [0.2, 0.25) is 0 Å². The van der Waals surface area contributed by atoms with Crippen LogP contribution in [0.5, 0.6) is 5.75 Å². The molecule has 98 valence electrons. The average Bonchev–Trinajstić information content (AvgIpc) is 2.38. The van der Waals surface area contributed by atoms with Crippen LogP contribution in [0.15, 0.2) is 18.2 Å². The molecule has 0 spiro atoms. The summed E-state index contributed by atoms with van der Waals surface area (Å²) in [5, 5.41) is 0. The molecular formula is C14H18O4. The Labute approximate surface area is 107 Å². The molecule has 0 aliphatic carbocycles. The number of carbonyl (C=O) groups excluding carboxylic acids is 2. The van der Waals surface area contributed by atoms with Crippen LogP contribution in [-0.4, -0.2) is 26.0 Å². The fourth-order valence-corrected chi connectivity index (χ4v) is 1.72. The van der Waals surface area contributed by atoms with Gasteiger partial charge < -0.3 is 9.47 Å². The van der Waals surface area contributed by atoms with Crippen LogP contribution < -0.4 is 4.74 Å². The van der Waals surface area contributed by atoms with E-state index in [1.165, 1.54) is 7.11 Å². The Bertz CT molecular complexity index is 426. The van der Waals surface area contributed by atoms with Crippen molar-refractivity contribution in [3.63, 3.8) is 0 Å². The summed E-state index contributed by atoms with van der Waals surface area (Å²) in [6.45, 7) is 3.97. The van der Waals surface area contributed by atoms with E-state index in [1.54, 1.807) is 19.1 Å². The molecule has 1 atom stereocenters. The maximum absolute atomic E-state index is 11.5. The van der Waals surface area contributed by atoms with Crippen LogP contribution >= 0.6 is 0 Å². The molecule has 0 bridgehead atoms. The van der Waals surface area contributed by atoms with Gasteiger partial charge in [0.1, 0.15) is 5.75 Å². The van der Waals surface area contributed by atoms with Gasteiger partial charge in [0, 0.05) is 0 Å². The van der Waals surface area contributed by atoms with Gasteiger partial charge in [-0.1, -0.05) is 13.0 Å². The lowest BCUT2D eigenvalue weighted by Gasteiger charge is -2.11. The van der Waals surface area contributed by atoms with Gasteiger partial charge in [-0.25, -0.2) is 0 Å². The minimum Gasteiger partial charge on any atom is -0.496 e. The minimum absolute atomic E-state index is 0.221. The van der Waals surface area contributed by atoms with E-state index in [0.29, 0.717) is 24.3 Å². The summed E-state index contributed by atoms with van der Waals surface area (Å²) in [5.74, 6) is 0.0938. The van der Waals surface area contributed by atoms with Crippen molar-refractivity contribution >= 4 is 12.3 Å². The van der Waals surface area contributed by atoms with Gasteiger partial charge in [0.25, 0.3) is 0 Å². The first kappa shape index (κ1) is 14.2. The number of carbonyl (C=O) groups is 2. The molecule has 0 radical (unpaired) electrons. The highest BCUT2D eigenvalue weighted by molar-refractivity contribution is 5.80. The molecule has 1 rings (SSSR count). The molecule has 1 aromatic rings. The quantitative estimate of drug-likeness (QED) is 0.574. The monoisotopic (exact) mass is 250 g/mol. The second-order valence-electron chi connectivity index (χ2n) is 4.05. The van der Waals surface area contributed by atoms with Crippen molar-refractivity contribution < 1.29 is 19.1 Å². The maximum atomic E-state index is 11.5. The number of hydrogen-bond acceptors (Lipinski definition) is 4. The van der Waals surface area contributed by atoms with E-state index in [2.05, 4.69) is 0 Å². The van der Waals surface area contributed by atoms with Crippen LogP contribution in [0, 0.1) is 5.92 Å². The Balaban J connectivity index is 2.79. The zero-order valence-electron chi connectivity index (χ0n) is 10.9. The second kappa shape index (κ2) is 6.79. The van der Waals surface area contributed by atoms with E-state index < -0.39 is 0 Å². The number of esters is 1. The van der Waals surface area contributed by atoms with Crippen LogP contribution in [0.3, 0.4) is 0 Å². The zero-order valence-corrected chi connectivity index (χ0v) is 10.9. The second-order valence-corrected chi connectivity index (χ2v) is 4.05. The molecule has 0 fully saturated rings.